The van der Waals surface area contributed by atoms with Gasteiger partial charge in [0, 0.05) is 19.1 Å². The van der Waals surface area contributed by atoms with E-state index in [2.05, 4.69) is 6.92 Å². The van der Waals surface area contributed by atoms with Crippen molar-refractivity contribution >= 4 is 11.4 Å². The summed E-state index contributed by atoms with van der Waals surface area (Å²) in [5.41, 5.74) is 6.63. The number of methoxy groups -OCH3 is 1. The predicted molar refractivity (Wildman–Crippen MR) is 69.0 cm³/mol. The quantitative estimate of drug-likeness (QED) is 0.648. The summed E-state index contributed by atoms with van der Waals surface area (Å²) in [5.74, 6) is 0.827. The first-order valence-electron chi connectivity index (χ1n) is 5.86. The molecule has 2 N–H and O–H groups in total. The number of nitro benzene ring substituents is 1. The number of benzene rings is 1. The van der Waals surface area contributed by atoms with Gasteiger partial charge < -0.3 is 15.4 Å². The minimum Gasteiger partial charge on any atom is -0.496 e. The molecule has 18 heavy (non-hydrogen) atoms. The van der Waals surface area contributed by atoms with Gasteiger partial charge >= 0.3 is 0 Å². The zero-order chi connectivity index (χ0) is 13.3. The zero-order valence-electron chi connectivity index (χ0n) is 10.5. The molecule has 0 spiro atoms. The van der Waals surface area contributed by atoms with Crippen LogP contribution in [0.25, 0.3) is 0 Å². The normalized spacial score (nSPS) is 23.2. The van der Waals surface area contributed by atoms with Crippen molar-refractivity contribution < 1.29 is 9.66 Å². The van der Waals surface area contributed by atoms with Gasteiger partial charge in [-0.05, 0) is 18.1 Å². The Morgan fingerprint density at radius 3 is 2.72 bits per heavy atom. The fourth-order valence-electron chi connectivity index (χ4n) is 2.23. The Kier molecular flexibility index (Phi) is 3.38. The topological polar surface area (TPSA) is 81.6 Å². The maximum atomic E-state index is 11.1. The molecule has 98 valence electrons. The standard InChI is InChI=1S/C12H17N3O3/c1-8-6-14(7-10(8)13)11-4-3-9(18-2)5-12(11)15(16)17/h3-5,8,10H,6-7,13H2,1-2H3. The van der Waals surface area contributed by atoms with Crippen molar-refractivity contribution in [2.75, 3.05) is 25.1 Å². The van der Waals surface area contributed by atoms with Crippen LogP contribution in [0, 0.1) is 16.0 Å². The van der Waals surface area contributed by atoms with E-state index in [9.17, 15) is 10.1 Å². The summed E-state index contributed by atoms with van der Waals surface area (Å²) in [4.78, 5) is 12.7. The van der Waals surface area contributed by atoms with Crippen LogP contribution < -0.4 is 15.4 Å². The highest BCUT2D eigenvalue weighted by Crippen LogP contribution is 2.34. The number of ether oxygens (including phenoxy) is 1. The average molecular weight is 251 g/mol. The van der Waals surface area contributed by atoms with Crippen molar-refractivity contribution in [2.45, 2.75) is 13.0 Å². The van der Waals surface area contributed by atoms with Crippen LogP contribution in [-0.4, -0.2) is 31.2 Å². The molecule has 0 amide bonds. The van der Waals surface area contributed by atoms with E-state index in [-0.39, 0.29) is 16.7 Å². The molecule has 1 aromatic carbocycles. The fraction of sp³-hybridized carbons (Fsp3) is 0.500. The molecular formula is C12H17N3O3. The lowest BCUT2D eigenvalue weighted by molar-refractivity contribution is -0.384. The highest BCUT2D eigenvalue weighted by molar-refractivity contribution is 5.66. The van der Waals surface area contributed by atoms with E-state index in [1.807, 2.05) is 4.90 Å². The smallest absolute Gasteiger partial charge is 0.296 e. The minimum atomic E-state index is -0.383. The highest BCUT2D eigenvalue weighted by atomic mass is 16.6. The lowest BCUT2D eigenvalue weighted by Crippen LogP contribution is -2.28. The van der Waals surface area contributed by atoms with Gasteiger partial charge in [-0.1, -0.05) is 6.92 Å². The molecule has 6 heteroatoms. The van der Waals surface area contributed by atoms with E-state index in [4.69, 9.17) is 10.5 Å². The summed E-state index contributed by atoms with van der Waals surface area (Å²) in [6.07, 6.45) is 0. The molecule has 0 bridgehead atoms. The Hall–Kier alpha value is -1.82. The number of anilines is 1. The minimum absolute atomic E-state index is 0.0618. The first-order valence-corrected chi connectivity index (χ1v) is 5.86. The summed E-state index contributed by atoms with van der Waals surface area (Å²) in [7, 11) is 1.49. The summed E-state index contributed by atoms with van der Waals surface area (Å²) < 4.78 is 5.02. The first-order chi connectivity index (χ1) is 8.52. The average Bonchev–Trinajstić information content (AvgIpc) is 2.68. The van der Waals surface area contributed by atoms with E-state index in [1.165, 1.54) is 13.2 Å². The number of rotatable bonds is 3. The Morgan fingerprint density at radius 1 is 1.50 bits per heavy atom. The molecule has 1 aliphatic rings. The Labute approximate surface area is 105 Å². The molecule has 0 aliphatic carbocycles. The fourth-order valence-corrected chi connectivity index (χ4v) is 2.23. The summed E-state index contributed by atoms with van der Waals surface area (Å²) >= 11 is 0. The Balaban J connectivity index is 2.35. The second kappa shape index (κ2) is 4.81. The Bertz CT molecular complexity index is 454. The van der Waals surface area contributed by atoms with Gasteiger partial charge in [0.2, 0.25) is 0 Å². The van der Waals surface area contributed by atoms with Gasteiger partial charge in [-0.15, -0.1) is 0 Å². The molecule has 2 unspecified atom stereocenters. The third kappa shape index (κ3) is 2.24. The van der Waals surface area contributed by atoms with Crippen LogP contribution >= 0.6 is 0 Å². The molecule has 1 fully saturated rings. The van der Waals surface area contributed by atoms with Gasteiger partial charge in [0.05, 0.1) is 18.1 Å². The van der Waals surface area contributed by atoms with Crippen molar-refractivity contribution in [3.8, 4) is 5.75 Å². The molecule has 1 saturated heterocycles. The summed E-state index contributed by atoms with van der Waals surface area (Å²) in [5, 5.41) is 11.1. The molecular weight excluding hydrogens is 234 g/mol. The van der Waals surface area contributed by atoms with Crippen LogP contribution in [-0.2, 0) is 0 Å². The van der Waals surface area contributed by atoms with Crippen molar-refractivity contribution in [1.29, 1.82) is 0 Å². The van der Waals surface area contributed by atoms with Crippen molar-refractivity contribution in [1.82, 2.24) is 0 Å². The molecule has 0 saturated carbocycles. The molecule has 6 nitrogen and oxygen atoms in total. The maximum absolute atomic E-state index is 11.1. The SMILES string of the molecule is COc1ccc(N2CC(C)C(N)C2)c([N+](=O)[O-])c1. The van der Waals surface area contributed by atoms with E-state index >= 15 is 0 Å². The molecule has 0 radical (unpaired) electrons. The van der Waals surface area contributed by atoms with Crippen molar-refractivity contribution in [3.05, 3.63) is 28.3 Å². The number of nitro groups is 1. The molecule has 0 aromatic heterocycles. The lowest BCUT2D eigenvalue weighted by Gasteiger charge is -2.18. The highest BCUT2D eigenvalue weighted by Gasteiger charge is 2.30. The van der Waals surface area contributed by atoms with Crippen LogP contribution in [0.4, 0.5) is 11.4 Å². The van der Waals surface area contributed by atoms with Crippen LogP contribution in [0.15, 0.2) is 18.2 Å². The van der Waals surface area contributed by atoms with Gasteiger partial charge in [-0.25, -0.2) is 0 Å². The van der Waals surface area contributed by atoms with Crippen molar-refractivity contribution in [3.63, 3.8) is 0 Å². The van der Waals surface area contributed by atoms with Gasteiger partial charge in [0.15, 0.2) is 0 Å². The van der Waals surface area contributed by atoms with Crippen LogP contribution in [0.5, 0.6) is 5.75 Å². The second-order valence-electron chi connectivity index (χ2n) is 4.66. The monoisotopic (exact) mass is 251 g/mol. The molecule has 1 aliphatic heterocycles. The lowest BCUT2D eigenvalue weighted by atomic mass is 10.1. The van der Waals surface area contributed by atoms with Gasteiger partial charge in [0.1, 0.15) is 11.4 Å². The number of hydrogen-bond donors (Lipinski definition) is 1. The molecule has 2 atom stereocenters. The maximum Gasteiger partial charge on any atom is 0.296 e. The molecule has 1 aromatic rings. The zero-order valence-corrected chi connectivity index (χ0v) is 10.5. The third-order valence-electron chi connectivity index (χ3n) is 3.39. The largest absolute Gasteiger partial charge is 0.496 e. The van der Waals surface area contributed by atoms with E-state index in [0.29, 0.717) is 23.9 Å². The van der Waals surface area contributed by atoms with Crippen molar-refractivity contribution in [2.24, 2.45) is 11.7 Å². The number of nitrogens with two attached hydrogens (primary N) is 1. The summed E-state index contributed by atoms with van der Waals surface area (Å²) in [6.45, 7) is 3.45. The summed E-state index contributed by atoms with van der Waals surface area (Å²) in [6, 6.07) is 4.97. The van der Waals surface area contributed by atoms with Crippen LogP contribution in [0.1, 0.15) is 6.92 Å². The van der Waals surface area contributed by atoms with Gasteiger partial charge in [0.25, 0.3) is 5.69 Å². The van der Waals surface area contributed by atoms with Crippen LogP contribution in [0.3, 0.4) is 0 Å². The number of hydrogen-bond acceptors (Lipinski definition) is 5. The predicted octanol–water partition coefficient (Wildman–Crippen LogP) is 1.39. The molecule has 1 heterocycles. The van der Waals surface area contributed by atoms with E-state index in [1.54, 1.807) is 12.1 Å². The van der Waals surface area contributed by atoms with E-state index < -0.39 is 0 Å². The van der Waals surface area contributed by atoms with Crippen LogP contribution in [0.2, 0.25) is 0 Å². The third-order valence-corrected chi connectivity index (χ3v) is 3.39. The first kappa shape index (κ1) is 12.6. The van der Waals surface area contributed by atoms with Gasteiger partial charge in [-0.3, -0.25) is 10.1 Å². The second-order valence-corrected chi connectivity index (χ2v) is 4.66. The van der Waals surface area contributed by atoms with Gasteiger partial charge in [-0.2, -0.15) is 0 Å². The number of nitrogens with zero attached hydrogens (tertiary/aromatic N) is 2. The van der Waals surface area contributed by atoms with E-state index in [0.717, 1.165) is 6.54 Å². The molecule has 2 rings (SSSR count). The Morgan fingerprint density at radius 2 is 2.22 bits per heavy atom.